The molecule has 0 radical (unpaired) electrons. The Labute approximate surface area is 126 Å². The first kappa shape index (κ1) is 13.4. The van der Waals surface area contributed by atoms with Gasteiger partial charge >= 0.3 is 0 Å². The minimum Gasteiger partial charge on any atom is -0.506 e. The fraction of sp³-hybridized carbons (Fsp3) is 0. The van der Waals surface area contributed by atoms with Crippen LogP contribution in [0.1, 0.15) is 5.56 Å². The topological polar surface area (TPSA) is 65.7 Å². The molecule has 0 saturated heterocycles. The minimum atomic E-state index is -0.0941. The van der Waals surface area contributed by atoms with E-state index >= 15 is 0 Å². The Morgan fingerprint density at radius 1 is 1.00 bits per heavy atom. The Morgan fingerprint density at radius 3 is 2.38 bits per heavy atom. The van der Waals surface area contributed by atoms with Gasteiger partial charge in [0.2, 0.25) is 0 Å². The molecule has 104 valence electrons. The molecule has 0 spiro atoms. The second-order valence-corrected chi connectivity index (χ2v) is 4.83. The summed E-state index contributed by atoms with van der Waals surface area (Å²) in [5.74, 6) is -0.156. The van der Waals surface area contributed by atoms with E-state index in [-0.39, 0.29) is 22.2 Å². The molecule has 21 heavy (non-hydrogen) atoms. The number of hydrogen-bond donors (Lipinski definition) is 2. The molecule has 0 fully saturated rings. The Morgan fingerprint density at radius 2 is 1.71 bits per heavy atom. The second kappa shape index (κ2) is 5.42. The average molecular weight is 299 g/mol. The van der Waals surface area contributed by atoms with Crippen LogP contribution in [0.3, 0.4) is 0 Å². The van der Waals surface area contributed by atoms with Gasteiger partial charge in [-0.25, -0.2) is 0 Å². The van der Waals surface area contributed by atoms with Gasteiger partial charge in [0.05, 0.1) is 0 Å². The molecule has 1 aromatic heterocycles. The van der Waals surface area contributed by atoms with Crippen molar-refractivity contribution in [3.8, 4) is 11.5 Å². The van der Waals surface area contributed by atoms with Gasteiger partial charge in [-0.2, -0.15) is 0 Å². The molecule has 0 aliphatic carbocycles. The summed E-state index contributed by atoms with van der Waals surface area (Å²) in [4.78, 5) is 8.15. The Bertz CT molecular complexity index is 833. The van der Waals surface area contributed by atoms with Crippen LogP contribution < -0.4 is 0 Å². The van der Waals surface area contributed by atoms with E-state index < -0.39 is 0 Å². The molecule has 0 aliphatic rings. The fourth-order valence-electron chi connectivity index (χ4n) is 2.07. The van der Waals surface area contributed by atoms with E-state index in [0.717, 1.165) is 5.56 Å². The van der Waals surface area contributed by atoms with E-state index in [1.165, 1.54) is 6.21 Å². The van der Waals surface area contributed by atoms with Crippen LogP contribution >= 0.6 is 11.6 Å². The molecule has 0 aliphatic heterocycles. The third-order valence-corrected chi connectivity index (χ3v) is 3.46. The molecule has 5 heteroatoms. The number of rotatable bonds is 2. The van der Waals surface area contributed by atoms with Gasteiger partial charge in [-0.3, -0.25) is 9.98 Å². The summed E-state index contributed by atoms with van der Waals surface area (Å²) in [6.07, 6.45) is 4.82. The molecule has 3 rings (SSSR count). The molecule has 0 unspecified atom stereocenters. The number of phenolic OH excluding ortho intramolecular Hbond substituents is 2. The van der Waals surface area contributed by atoms with Crippen LogP contribution in [0.5, 0.6) is 11.5 Å². The maximum Gasteiger partial charge on any atom is 0.150 e. The molecule has 0 saturated carbocycles. The van der Waals surface area contributed by atoms with E-state index in [1.54, 1.807) is 42.7 Å². The number of fused-ring (bicyclic) bond motifs is 1. The zero-order chi connectivity index (χ0) is 14.8. The third-order valence-electron chi connectivity index (χ3n) is 3.10. The van der Waals surface area contributed by atoms with Crippen molar-refractivity contribution in [3.63, 3.8) is 0 Å². The van der Waals surface area contributed by atoms with Gasteiger partial charge in [0.15, 0.2) is 5.75 Å². The molecule has 3 aromatic rings. The molecule has 2 N–H and O–H groups in total. The van der Waals surface area contributed by atoms with Crippen molar-refractivity contribution in [1.82, 2.24) is 4.98 Å². The van der Waals surface area contributed by atoms with E-state index in [4.69, 9.17) is 11.6 Å². The standard InChI is InChI=1S/C16H11ClN2O2/c17-13-14(19-9-10-4-3-7-18-8-10)16(21)12-6-2-1-5-11(12)15(13)20/h1-9,20-21H. The Balaban J connectivity index is 2.17. The summed E-state index contributed by atoms with van der Waals surface area (Å²) in [5.41, 5.74) is 0.900. The summed E-state index contributed by atoms with van der Waals surface area (Å²) in [7, 11) is 0. The third kappa shape index (κ3) is 2.41. The Kier molecular flexibility index (Phi) is 3.46. The second-order valence-electron chi connectivity index (χ2n) is 4.45. The molecule has 0 atom stereocenters. The first-order valence-corrected chi connectivity index (χ1v) is 6.62. The highest BCUT2D eigenvalue weighted by molar-refractivity contribution is 6.36. The highest BCUT2D eigenvalue weighted by Gasteiger charge is 2.16. The van der Waals surface area contributed by atoms with Crippen LogP contribution in [-0.4, -0.2) is 21.4 Å². The van der Waals surface area contributed by atoms with Gasteiger partial charge < -0.3 is 10.2 Å². The summed E-state index contributed by atoms with van der Waals surface area (Å²) >= 11 is 6.10. The van der Waals surface area contributed by atoms with Crippen molar-refractivity contribution in [2.75, 3.05) is 0 Å². The molecule has 4 nitrogen and oxygen atoms in total. The van der Waals surface area contributed by atoms with Crippen LogP contribution in [0.2, 0.25) is 5.02 Å². The summed E-state index contributed by atoms with van der Waals surface area (Å²) < 4.78 is 0. The van der Waals surface area contributed by atoms with Crippen LogP contribution in [0.25, 0.3) is 10.8 Å². The van der Waals surface area contributed by atoms with E-state index in [2.05, 4.69) is 9.98 Å². The highest BCUT2D eigenvalue weighted by atomic mass is 35.5. The lowest BCUT2D eigenvalue weighted by atomic mass is 10.1. The van der Waals surface area contributed by atoms with Crippen molar-refractivity contribution < 1.29 is 10.2 Å². The van der Waals surface area contributed by atoms with Crippen LogP contribution in [0, 0.1) is 0 Å². The number of nitrogens with zero attached hydrogens (tertiary/aromatic N) is 2. The van der Waals surface area contributed by atoms with Crippen molar-refractivity contribution >= 4 is 34.3 Å². The van der Waals surface area contributed by atoms with Gasteiger partial charge in [0.25, 0.3) is 0 Å². The lowest BCUT2D eigenvalue weighted by Gasteiger charge is -2.09. The van der Waals surface area contributed by atoms with Crippen LogP contribution in [-0.2, 0) is 0 Å². The molecule has 1 heterocycles. The van der Waals surface area contributed by atoms with Crippen LogP contribution in [0.15, 0.2) is 53.8 Å². The minimum absolute atomic E-state index is 0.0198. The van der Waals surface area contributed by atoms with Crippen LogP contribution in [0.4, 0.5) is 5.69 Å². The maximum absolute atomic E-state index is 10.3. The molecular formula is C16H11ClN2O2. The summed E-state index contributed by atoms with van der Waals surface area (Å²) in [6, 6.07) is 10.5. The normalized spacial score (nSPS) is 11.3. The smallest absolute Gasteiger partial charge is 0.150 e. The highest BCUT2D eigenvalue weighted by Crippen LogP contribution is 2.47. The van der Waals surface area contributed by atoms with Crippen molar-refractivity contribution in [3.05, 3.63) is 59.4 Å². The quantitative estimate of drug-likeness (QED) is 0.554. The monoisotopic (exact) mass is 298 g/mol. The number of aromatic hydroxyl groups is 2. The molecule has 0 bridgehead atoms. The van der Waals surface area contributed by atoms with Gasteiger partial charge in [-0.1, -0.05) is 41.9 Å². The van der Waals surface area contributed by atoms with Gasteiger partial charge in [-0.15, -0.1) is 0 Å². The van der Waals surface area contributed by atoms with Gasteiger partial charge in [-0.05, 0) is 6.07 Å². The van der Waals surface area contributed by atoms with Gasteiger partial charge in [0, 0.05) is 34.9 Å². The summed E-state index contributed by atoms with van der Waals surface area (Å²) in [5, 5.41) is 21.4. The van der Waals surface area contributed by atoms with Gasteiger partial charge in [0.1, 0.15) is 16.5 Å². The number of aliphatic imine (C=N–C) groups is 1. The summed E-state index contributed by atoms with van der Waals surface area (Å²) in [6.45, 7) is 0. The molecule has 0 amide bonds. The van der Waals surface area contributed by atoms with E-state index in [1.807, 2.05) is 6.07 Å². The number of halogens is 1. The predicted molar refractivity (Wildman–Crippen MR) is 83.8 cm³/mol. The zero-order valence-corrected chi connectivity index (χ0v) is 11.6. The molecular weight excluding hydrogens is 288 g/mol. The maximum atomic E-state index is 10.3. The number of pyridine rings is 1. The lowest BCUT2D eigenvalue weighted by molar-refractivity contribution is 0.471. The number of phenols is 2. The number of hydrogen-bond acceptors (Lipinski definition) is 4. The first-order valence-electron chi connectivity index (χ1n) is 6.24. The fourth-order valence-corrected chi connectivity index (χ4v) is 2.31. The SMILES string of the molecule is Oc1c(Cl)c(N=Cc2cccnc2)c(O)c2ccccc12. The van der Waals surface area contributed by atoms with Crippen molar-refractivity contribution in [2.24, 2.45) is 4.99 Å². The van der Waals surface area contributed by atoms with E-state index in [0.29, 0.717) is 10.8 Å². The number of benzene rings is 2. The largest absolute Gasteiger partial charge is 0.506 e. The van der Waals surface area contributed by atoms with Crippen molar-refractivity contribution in [2.45, 2.75) is 0 Å². The average Bonchev–Trinajstić information content (AvgIpc) is 2.54. The number of aromatic nitrogens is 1. The van der Waals surface area contributed by atoms with Crippen molar-refractivity contribution in [1.29, 1.82) is 0 Å². The Hall–Kier alpha value is -2.59. The van der Waals surface area contributed by atoms with E-state index in [9.17, 15) is 10.2 Å². The zero-order valence-electron chi connectivity index (χ0n) is 10.9. The molecule has 2 aromatic carbocycles. The first-order chi connectivity index (χ1) is 10.2. The lowest BCUT2D eigenvalue weighted by Crippen LogP contribution is -1.83. The predicted octanol–water partition coefficient (Wildman–Crippen LogP) is 4.05.